The summed E-state index contributed by atoms with van der Waals surface area (Å²) in [6.07, 6.45) is 22.7. The fourth-order valence-electron chi connectivity index (χ4n) is 8.11. The number of amides is 6. The number of hydrogen-bond acceptors (Lipinski definition) is 24. The molecule has 24 N–H and O–H groups in total. The SMILES string of the molecule is C#CCOC(=O)NCCCC[C@H](N)C(=O)O.C=CCOC(=O)NCCCC[C@H](N)C(=O)O.CC(C)OC(=O)NCCCC[C@H](N)C(=O)O.CCOC(=O)NCCCC[C@H](N)C(=O)O.Cc1ccc(C(C)OC(=O)NCCCC[C@H](N)C(=O)O)cc1.N[C@@H](CCCCNC(=O)OC1/C=C/CCCCC1)C(=O)O. The van der Waals surface area contributed by atoms with Gasteiger partial charge in [-0.2, -0.15) is 0 Å². The molecule has 106 heavy (non-hydrogen) atoms. The molecule has 1 aromatic carbocycles. The minimum absolute atomic E-state index is 0.0598. The van der Waals surface area contributed by atoms with Crippen molar-refractivity contribution in [1.29, 1.82) is 0 Å². The minimum atomic E-state index is -1.01. The van der Waals surface area contributed by atoms with Crippen LogP contribution in [0.25, 0.3) is 0 Å². The van der Waals surface area contributed by atoms with Crippen LogP contribution < -0.4 is 66.3 Å². The van der Waals surface area contributed by atoms with Gasteiger partial charge in [0.2, 0.25) is 0 Å². The van der Waals surface area contributed by atoms with Gasteiger partial charge in [-0.05, 0) is 188 Å². The number of terminal acetylenes is 1. The summed E-state index contributed by atoms with van der Waals surface area (Å²) in [4.78, 5) is 129. The predicted octanol–water partition coefficient (Wildman–Crippen LogP) is 5.97. The molecule has 36 heteroatoms. The van der Waals surface area contributed by atoms with E-state index in [-0.39, 0.29) is 31.5 Å². The number of carbonyl (C=O) groups is 12. The first-order valence-corrected chi connectivity index (χ1v) is 35.4. The zero-order valence-electron chi connectivity index (χ0n) is 62.1. The highest BCUT2D eigenvalue weighted by Gasteiger charge is 2.18. The first kappa shape index (κ1) is 103. The van der Waals surface area contributed by atoms with Gasteiger partial charge in [0.15, 0.2) is 6.61 Å². The van der Waals surface area contributed by atoms with E-state index in [0.29, 0.717) is 161 Å². The molecule has 8 atom stereocenters. The Hall–Kier alpha value is -9.54. The van der Waals surface area contributed by atoms with Crippen LogP contribution in [0.4, 0.5) is 28.8 Å². The smallest absolute Gasteiger partial charge is 0.408 e. The molecule has 0 fully saturated rings. The van der Waals surface area contributed by atoms with E-state index in [9.17, 15) is 57.5 Å². The Kier molecular flexibility index (Phi) is 66.5. The van der Waals surface area contributed by atoms with Gasteiger partial charge in [0.25, 0.3) is 0 Å². The fraction of sp³-hybridized carbons (Fsp3) is 0.657. The lowest BCUT2D eigenvalue weighted by Crippen LogP contribution is -2.31. The number of hydrogen-bond donors (Lipinski definition) is 18. The van der Waals surface area contributed by atoms with Crippen LogP contribution in [0.5, 0.6) is 0 Å². The van der Waals surface area contributed by atoms with Gasteiger partial charge in [0.05, 0.1) is 12.7 Å². The summed E-state index contributed by atoms with van der Waals surface area (Å²) < 4.78 is 29.3. The number of aliphatic carboxylic acids is 6. The van der Waals surface area contributed by atoms with Crippen LogP contribution in [0.15, 0.2) is 49.1 Å². The summed E-state index contributed by atoms with van der Waals surface area (Å²) in [5, 5.41) is 66.7. The number of carboxylic acid groups (broad SMARTS) is 6. The van der Waals surface area contributed by atoms with Gasteiger partial charge in [-0.25, -0.2) is 28.8 Å². The van der Waals surface area contributed by atoms with E-state index < -0.39 is 109 Å². The van der Waals surface area contributed by atoms with E-state index >= 15 is 0 Å². The Labute approximate surface area is 621 Å². The van der Waals surface area contributed by atoms with E-state index in [2.05, 4.69) is 64.7 Å². The predicted molar refractivity (Wildman–Crippen MR) is 394 cm³/mol. The number of allylic oxidation sites excluding steroid dienone is 1. The highest BCUT2D eigenvalue weighted by atomic mass is 16.6. The van der Waals surface area contributed by atoms with Gasteiger partial charge in [-0.1, -0.05) is 60.9 Å². The molecular formula is C70H122N12O24. The lowest BCUT2D eigenvalue weighted by molar-refractivity contribution is -0.139. The van der Waals surface area contributed by atoms with Crippen molar-refractivity contribution in [1.82, 2.24) is 31.9 Å². The van der Waals surface area contributed by atoms with E-state index in [4.69, 9.17) is 85.7 Å². The third-order valence-electron chi connectivity index (χ3n) is 14.2. The van der Waals surface area contributed by atoms with E-state index in [0.717, 1.165) is 30.4 Å². The van der Waals surface area contributed by atoms with Crippen LogP contribution in [0.2, 0.25) is 0 Å². The number of unbranched alkanes of at least 4 members (excludes halogenated alkanes) is 6. The van der Waals surface area contributed by atoms with Crippen LogP contribution in [0, 0.1) is 19.3 Å². The van der Waals surface area contributed by atoms with Crippen molar-refractivity contribution in [3.05, 3.63) is 60.2 Å². The van der Waals surface area contributed by atoms with Crippen LogP contribution in [-0.2, 0) is 57.2 Å². The number of nitrogens with two attached hydrogens (primary N) is 6. The first-order valence-electron chi connectivity index (χ1n) is 35.4. The second-order valence-electron chi connectivity index (χ2n) is 24.0. The molecule has 0 saturated carbocycles. The summed E-state index contributed by atoms with van der Waals surface area (Å²) in [5.41, 5.74) is 34.1. The van der Waals surface area contributed by atoms with Crippen molar-refractivity contribution in [3.8, 4) is 12.3 Å². The topological polar surface area (TPSA) is 610 Å². The van der Waals surface area contributed by atoms with Crippen molar-refractivity contribution >= 4 is 72.4 Å². The fourth-order valence-corrected chi connectivity index (χ4v) is 8.11. The van der Waals surface area contributed by atoms with E-state index in [1.54, 1.807) is 20.8 Å². The Morgan fingerprint density at radius 2 is 0.811 bits per heavy atom. The largest absolute Gasteiger partial charge is 0.480 e. The summed E-state index contributed by atoms with van der Waals surface area (Å²) in [6, 6.07) is 2.85. The summed E-state index contributed by atoms with van der Waals surface area (Å²) in [5.74, 6) is -3.83. The molecule has 0 saturated heterocycles. The van der Waals surface area contributed by atoms with Crippen molar-refractivity contribution in [2.75, 3.05) is 59.1 Å². The molecule has 606 valence electrons. The van der Waals surface area contributed by atoms with Crippen LogP contribution in [0.3, 0.4) is 0 Å². The summed E-state index contributed by atoms with van der Waals surface area (Å²) >= 11 is 0. The average molecular weight is 1520 g/mol. The number of carboxylic acids is 6. The zero-order valence-corrected chi connectivity index (χ0v) is 62.1. The molecule has 0 heterocycles. The Morgan fingerprint density at radius 1 is 0.481 bits per heavy atom. The summed E-state index contributed by atoms with van der Waals surface area (Å²) in [7, 11) is 0. The Bertz CT molecular complexity index is 2710. The first-order chi connectivity index (χ1) is 50.1. The quantitative estimate of drug-likeness (QED) is 0.0155. The van der Waals surface area contributed by atoms with Gasteiger partial charge >= 0.3 is 72.4 Å². The standard InChI is InChI=1S/C16H24N2O4.C15H26N2O4.C10H20N2O4.C10H18N2O4.C10H16N2O4.C9H18N2O4/c1-11-6-8-13(9-7-11)12(2)22-16(21)18-10-4-3-5-14(17)15(19)20;16-13(14(18)19)10-6-7-11-17-15(20)21-12-8-4-2-1-3-5-9-12;1-7(2)16-10(15)12-6-4-3-5-8(11)9(13)14;2*1-2-7-16-10(15)12-6-4-3-5-8(11)9(13)14;1-2-15-9(14)11-6-4-3-5-7(10)8(12)13/h6-9,12,14H,3-5,10,17H2,1-2H3,(H,18,21)(H,19,20);4,8,12-13H,1-3,5-7,9-11,16H2,(H,17,20)(H,18,19);7-8H,3-6,11H2,1-2H3,(H,12,15)(H,13,14);2,8H,1,3-7,11H2,(H,12,15)(H,13,14);1,8H,3-7,11H2,(H,12,15)(H,13,14);7H,2-6,10H2,1H3,(H,11,14)(H,12,13)/b;8-4+;;;;/t12?,14-;12?,13-;3*8-;7-/m000000/s1. The maximum absolute atomic E-state index is 11.6. The maximum atomic E-state index is 11.6. The molecule has 1 aliphatic rings. The highest BCUT2D eigenvalue weighted by molar-refractivity contribution is 5.75. The molecule has 6 amide bonds. The van der Waals surface area contributed by atoms with E-state index in [1.807, 2.05) is 44.2 Å². The van der Waals surface area contributed by atoms with Crippen molar-refractivity contribution in [2.24, 2.45) is 34.4 Å². The number of carbonyl (C=O) groups excluding carboxylic acids is 6. The second kappa shape index (κ2) is 68.6. The lowest BCUT2D eigenvalue weighted by Gasteiger charge is -2.16. The molecular weight excluding hydrogens is 1390 g/mol. The number of rotatable bonds is 44. The molecule has 0 aliphatic heterocycles. The third kappa shape index (κ3) is 68.9. The zero-order chi connectivity index (χ0) is 81.0. The molecule has 0 bridgehead atoms. The third-order valence-corrected chi connectivity index (χ3v) is 14.2. The molecule has 36 nitrogen and oxygen atoms in total. The lowest BCUT2D eigenvalue weighted by atomic mass is 10.0. The molecule has 2 rings (SSSR count). The minimum Gasteiger partial charge on any atom is -0.480 e. The molecule has 0 radical (unpaired) electrons. The number of ether oxygens (including phenoxy) is 6. The van der Waals surface area contributed by atoms with Crippen LogP contribution in [-0.4, -0.2) is 211 Å². The number of nitrogens with one attached hydrogen (secondary N) is 6. The summed E-state index contributed by atoms with van der Waals surface area (Å²) in [6.45, 7) is 15.7. The average Bonchev–Trinajstić information content (AvgIpc) is 0.889. The number of alkyl carbamates (subject to hydrolysis) is 6. The van der Waals surface area contributed by atoms with Gasteiger partial charge < -0.3 is 125 Å². The number of aryl methyl sites for hydroxylation is 1. The second-order valence-corrected chi connectivity index (χ2v) is 24.0. The molecule has 0 spiro atoms. The Morgan fingerprint density at radius 3 is 1.14 bits per heavy atom. The molecule has 0 aromatic heterocycles. The van der Waals surface area contributed by atoms with Gasteiger partial charge in [0, 0.05) is 39.3 Å². The Balaban J connectivity index is -0.000000593. The van der Waals surface area contributed by atoms with E-state index in [1.165, 1.54) is 18.9 Å². The van der Waals surface area contributed by atoms with Crippen molar-refractivity contribution in [2.45, 2.75) is 237 Å². The highest BCUT2D eigenvalue weighted by Crippen LogP contribution is 2.18. The van der Waals surface area contributed by atoms with Crippen LogP contribution in [0.1, 0.15) is 193 Å². The van der Waals surface area contributed by atoms with Gasteiger partial charge in [-0.15, -0.1) is 6.42 Å². The van der Waals surface area contributed by atoms with Gasteiger partial charge in [0.1, 0.15) is 55.1 Å². The maximum Gasteiger partial charge on any atom is 0.408 e. The normalized spacial score (nSPS) is 14.0. The van der Waals surface area contributed by atoms with Gasteiger partial charge in [-0.3, -0.25) is 28.8 Å². The molecule has 2 unspecified atom stereocenters. The van der Waals surface area contributed by atoms with Crippen molar-refractivity contribution in [3.63, 3.8) is 0 Å². The molecule has 1 aliphatic carbocycles. The van der Waals surface area contributed by atoms with Crippen LogP contribution >= 0.6 is 0 Å². The number of benzene rings is 1. The van der Waals surface area contributed by atoms with Crippen molar-refractivity contribution < 1.29 is 117 Å². The monoisotopic (exact) mass is 1510 g/mol. The molecule has 1 aromatic rings.